The zero-order valence-corrected chi connectivity index (χ0v) is 13.2. The largest absolute Gasteiger partial charge is 0.337 e. The van der Waals surface area contributed by atoms with Crippen LogP contribution in [-0.2, 0) is 4.84 Å². The number of anilines is 2. The molecule has 2 rings (SSSR count). The first-order valence-electron chi connectivity index (χ1n) is 7.04. The number of hydroxylamine groups is 1. The number of carbonyl (C=O) groups excluding carboxylic acids is 1. The summed E-state index contributed by atoms with van der Waals surface area (Å²) in [5, 5.41) is 2.49. The van der Waals surface area contributed by atoms with Gasteiger partial charge in [0.15, 0.2) is 17.5 Å². The number of benzene rings is 1. The van der Waals surface area contributed by atoms with E-state index in [2.05, 4.69) is 16.9 Å². The third kappa shape index (κ3) is 4.19. The lowest BCUT2D eigenvalue weighted by atomic mass is 9.97. The first-order valence-corrected chi connectivity index (χ1v) is 7.04. The topological polar surface area (TPSA) is 63.2 Å². The summed E-state index contributed by atoms with van der Waals surface area (Å²) in [6.07, 6.45) is 2.65. The number of carbonyl (C=O) groups is 1. The molecule has 0 saturated carbocycles. The molecule has 128 valence electrons. The van der Waals surface area contributed by atoms with Crippen LogP contribution in [0, 0.1) is 24.4 Å². The van der Waals surface area contributed by atoms with Crippen molar-refractivity contribution in [2.24, 2.45) is 0 Å². The van der Waals surface area contributed by atoms with Crippen LogP contribution >= 0.6 is 0 Å². The van der Waals surface area contributed by atoms with Gasteiger partial charge in [0.1, 0.15) is 13.7 Å². The molecule has 1 amide bonds. The Kier molecular flexibility index (Phi) is 5.82. The van der Waals surface area contributed by atoms with Crippen LogP contribution in [0.5, 0.6) is 0 Å². The number of rotatable bonds is 6. The van der Waals surface area contributed by atoms with E-state index in [1.54, 1.807) is 13.0 Å². The summed E-state index contributed by atoms with van der Waals surface area (Å²) in [7, 11) is 5.58. The van der Waals surface area contributed by atoms with E-state index >= 15 is 0 Å². The predicted molar refractivity (Wildman–Crippen MR) is 87.6 cm³/mol. The van der Waals surface area contributed by atoms with Gasteiger partial charge in [-0.05, 0) is 18.6 Å². The van der Waals surface area contributed by atoms with Crippen molar-refractivity contribution < 1.29 is 22.8 Å². The summed E-state index contributed by atoms with van der Waals surface area (Å²) in [6.45, 7) is 4.98. The van der Waals surface area contributed by atoms with Crippen molar-refractivity contribution in [1.29, 1.82) is 0 Å². The molecular formula is C16H13BF3N3O2. The summed E-state index contributed by atoms with van der Waals surface area (Å²) < 4.78 is 41.3. The summed E-state index contributed by atoms with van der Waals surface area (Å²) >= 11 is 0. The van der Waals surface area contributed by atoms with E-state index in [1.807, 2.05) is 5.48 Å². The number of pyridine rings is 1. The van der Waals surface area contributed by atoms with Crippen LogP contribution in [0.15, 0.2) is 31.0 Å². The summed E-state index contributed by atoms with van der Waals surface area (Å²) in [6, 6.07) is 2.10. The lowest BCUT2D eigenvalue weighted by Gasteiger charge is -2.15. The number of hydrogen-bond acceptors (Lipinski definition) is 4. The summed E-state index contributed by atoms with van der Waals surface area (Å²) in [5.74, 6) is -5.65. The van der Waals surface area contributed by atoms with Crippen molar-refractivity contribution in [2.45, 2.75) is 6.92 Å². The van der Waals surface area contributed by atoms with Crippen LogP contribution in [0.2, 0.25) is 0 Å². The second-order valence-electron chi connectivity index (χ2n) is 5.00. The average molecular weight is 347 g/mol. The minimum Gasteiger partial charge on any atom is -0.337 e. The lowest BCUT2D eigenvalue weighted by Crippen LogP contribution is -2.25. The van der Waals surface area contributed by atoms with Crippen LogP contribution in [0.1, 0.15) is 15.9 Å². The van der Waals surface area contributed by atoms with Gasteiger partial charge in [0.05, 0.1) is 17.9 Å². The van der Waals surface area contributed by atoms with Gasteiger partial charge < -0.3 is 5.32 Å². The Morgan fingerprint density at radius 2 is 2.08 bits per heavy atom. The number of halogens is 3. The van der Waals surface area contributed by atoms with Gasteiger partial charge >= 0.3 is 0 Å². The molecule has 0 aliphatic heterocycles. The Balaban J connectivity index is 2.45. The number of nitrogens with one attached hydrogen (secondary N) is 2. The van der Waals surface area contributed by atoms with Gasteiger partial charge in [-0.3, -0.25) is 9.63 Å². The van der Waals surface area contributed by atoms with Crippen LogP contribution < -0.4 is 16.3 Å². The van der Waals surface area contributed by atoms with Crippen molar-refractivity contribution in [3.8, 4) is 0 Å². The van der Waals surface area contributed by atoms with Gasteiger partial charge in [0, 0.05) is 6.20 Å². The van der Waals surface area contributed by atoms with Crippen molar-refractivity contribution in [3.63, 3.8) is 0 Å². The van der Waals surface area contributed by atoms with Crippen molar-refractivity contribution in [3.05, 3.63) is 59.6 Å². The molecule has 0 spiro atoms. The average Bonchev–Trinajstić information content (AvgIpc) is 2.57. The zero-order chi connectivity index (χ0) is 18.6. The Labute approximate surface area is 143 Å². The highest BCUT2D eigenvalue weighted by atomic mass is 19.2. The number of nitrogens with zero attached hydrogens (tertiary/aromatic N) is 1. The molecule has 0 fully saturated rings. The highest BCUT2D eigenvalue weighted by molar-refractivity contribution is 6.32. The van der Waals surface area contributed by atoms with Crippen LogP contribution in [0.3, 0.4) is 0 Å². The maximum Gasteiger partial charge on any atom is 0.277 e. The molecule has 0 unspecified atom stereocenters. The molecule has 0 saturated heterocycles. The van der Waals surface area contributed by atoms with E-state index in [-0.39, 0.29) is 12.4 Å². The van der Waals surface area contributed by atoms with E-state index in [9.17, 15) is 18.0 Å². The SMILES string of the molecule is [B]c1cnc(Nc2c(C(=O)NOCC=C)cc(F)c(F)c2F)c(C)c1. The molecule has 1 heterocycles. The Hall–Kier alpha value is -2.81. The summed E-state index contributed by atoms with van der Waals surface area (Å²) in [4.78, 5) is 20.8. The van der Waals surface area contributed by atoms with Crippen molar-refractivity contribution in [1.82, 2.24) is 10.5 Å². The number of aryl methyl sites for hydroxylation is 1. The van der Waals surface area contributed by atoms with Crippen LogP contribution in [0.25, 0.3) is 0 Å². The van der Waals surface area contributed by atoms with Crippen LogP contribution in [-0.4, -0.2) is 25.3 Å². The normalized spacial score (nSPS) is 10.4. The third-order valence-corrected chi connectivity index (χ3v) is 3.12. The van der Waals surface area contributed by atoms with Gasteiger partial charge in [-0.15, -0.1) is 6.58 Å². The molecule has 2 radical (unpaired) electrons. The first-order chi connectivity index (χ1) is 11.8. The van der Waals surface area contributed by atoms with Crippen molar-refractivity contribution in [2.75, 3.05) is 11.9 Å². The number of hydrogen-bond donors (Lipinski definition) is 2. The second kappa shape index (κ2) is 7.84. The van der Waals surface area contributed by atoms with Crippen molar-refractivity contribution >= 4 is 30.7 Å². The van der Waals surface area contributed by atoms with E-state index in [0.717, 1.165) is 0 Å². The summed E-state index contributed by atoms with van der Waals surface area (Å²) in [5.41, 5.74) is 1.77. The minimum atomic E-state index is -1.72. The molecule has 0 bridgehead atoms. The second-order valence-corrected chi connectivity index (χ2v) is 5.00. The molecule has 2 N–H and O–H groups in total. The molecule has 9 heteroatoms. The highest BCUT2D eigenvalue weighted by Crippen LogP contribution is 2.28. The monoisotopic (exact) mass is 347 g/mol. The Morgan fingerprint density at radius 1 is 1.36 bits per heavy atom. The number of aromatic nitrogens is 1. The minimum absolute atomic E-state index is 0.0285. The Morgan fingerprint density at radius 3 is 2.72 bits per heavy atom. The molecule has 0 atom stereocenters. The fourth-order valence-corrected chi connectivity index (χ4v) is 1.96. The smallest absolute Gasteiger partial charge is 0.277 e. The molecule has 5 nitrogen and oxygen atoms in total. The fourth-order valence-electron chi connectivity index (χ4n) is 1.96. The standard InChI is InChI=1S/C16H13BF3N3O2/c1-3-4-25-23-16(24)10-6-11(18)12(19)13(20)14(10)22-15-8(2)5-9(17)7-21-15/h3,5-7H,1,4H2,2H3,(H,21,22)(H,23,24). The third-order valence-electron chi connectivity index (χ3n) is 3.12. The Bertz CT molecular complexity index is 831. The quantitative estimate of drug-likeness (QED) is 0.277. The maximum absolute atomic E-state index is 14.2. The van der Waals surface area contributed by atoms with E-state index < -0.39 is 34.6 Å². The predicted octanol–water partition coefficient (Wildman–Crippen LogP) is 2.19. The van der Waals surface area contributed by atoms with Gasteiger partial charge in [-0.2, -0.15) is 0 Å². The maximum atomic E-state index is 14.2. The highest BCUT2D eigenvalue weighted by Gasteiger charge is 2.24. The zero-order valence-electron chi connectivity index (χ0n) is 13.2. The molecule has 0 aliphatic carbocycles. The van der Waals surface area contributed by atoms with Gasteiger partial charge in [-0.1, -0.05) is 17.6 Å². The van der Waals surface area contributed by atoms with Crippen LogP contribution in [0.4, 0.5) is 24.7 Å². The molecule has 1 aromatic heterocycles. The molecule has 0 aliphatic rings. The van der Waals surface area contributed by atoms with E-state index in [4.69, 9.17) is 12.7 Å². The van der Waals surface area contributed by atoms with Gasteiger partial charge in [0.2, 0.25) is 0 Å². The number of amides is 1. The first kappa shape index (κ1) is 18.5. The molecule has 1 aromatic carbocycles. The lowest BCUT2D eigenvalue weighted by molar-refractivity contribution is 0.0421. The fraction of sp³-hybridized carbons (Fsp3) is 0.125. The molecule has 25 heavy (non-hydrogen) atoms. The van der Waals surface area contributed by atoms with E-state index in [1.165, 1.54) is 12.3 Å². The van der Waals surface area contributed by atoms with E-state index in [0.29, 0.717) is 17.1 Å². The van der Waals surface area contributed by atoms with Gasteiger partial charge in [0.25, 0.3) is 5.91 Å². The molecule has 2 aromatic rings. The van der Waals surface area contributed by atoms with Gasteiger partial charge in [-0.25, -0.2) is 23.6 Å². The molecular weight excluding hydrogens is 334 g/mol.